The molecule has 0 spiro atoms. The van der Waals surface area contributed by atoms with Crippen LogP contribution in [0.1, 0.15) is 156 Å². The summed E-state index contributed by atoms with van der Waals surface area (Å²) >= 11 is 0. The molecule has 0 aromatic rings. The Balaban J connectivity index is 4.32. The molecule has 0 fully saturated rings. The third kappa shape index (κ3) is 30.8. The largest absolute Gasteiger partial charge is 0.462 e. The fraction of sp³-hybridized carbons (Fsp3) is 0.711. The second-order valence-electron chi connectivity index (χ2n) is 11.4. The minimum Gasteiger partial charge on any atom is -0.462 e. The zero-order valence-electron chi connectivity index (χ0n) is 28.4. The van der Waals surface area contributed by atoms with E-state index in [9.17, 15) is 14.4 Å². The molecule has 0 saturated heterocycles. The first kappa shape index (κ1) is 41.4. The lowest BCUT2D eigenvalue weighted by molar-refractivity contribution is -0.167. The van der Waals surface area contributed by atoms with Gasteiger partial charge < -0.3 is 14.2 Å². The number of hydrogen-bond acceptors (Lipinski definition) is 6. The first-order valence-corrected chi connectivity index (χ1v) is 17.6. The SMILES string of the molecule is CC/C=C\C/C=C\C/C=C\C/C=C\CCCCC(=O)OCC(COC(=O)CCCCCCC)OC(=O)CCCCCCCC. The molecule has 0 heterocycles. The molecule has 0 radical (unpaired) electrons. The minimum atomic E-state index is -0.778. The van der Waals surface area contributed by atoms with Crippen LogP contribution in [0.2, 0.25) is 0 Å². The monoisotopic (exact) mass is 616 g/mol. The van der Waals surface area contributed by atoms with Gasteiger partial charge in [-0.2, -0.15) is 0 Å². The third-order valence-electron chi connectivity index (χ3n) is 7.10. The molecular weight excluding hydrogens is 552 g/mol. The summed E-state index contributed by atoms with van der Waals surface area (Å²) in [6.07, 6.45) is 35.7. The fourth-order valence-corrected chi connectivity index (χ4v) is 4.43. The molecule has 252 valence electrons. The van der Waals surface area contributed by atoms with Gasteiger partial charge in [-0.3, -0.25) is 14.4 Å². The van der Waals surface area contributed by atoms with Crippen LogP contribution in [0.25, 0.3) is 0 Å². The van der Waals surface area contributed by atoms with Crippen molar-refractivity contribution >= 4 is 17.9 Å². The summed E-state index contributed by atoms with van der Waals surface area (Å²) in [5, 5.41) is 0. The van der Waals surface area contributed by atoms with Crippen molar-refractivity contribution in [2.45, 2.75) is 162 Å². The zero-order valence-corrected chi connectivity index (χ0v) is 28.4. The average Bonchev–Trinajstić information content (AvgIpc) is 3.02. The van der Waals surface area contributed by atoms with Crippen LogP contribution in [0.3, 0.4) is 0 Å². The molecule has 6 nitrogen and oxygen atoms in total. The molecule has 44 heavy (non-hydrogen) atoms. The quantitative estimate of drug-likeness (QED) is 0.0346. The lowest BCUT2D eigenvalue weighted by atomic mass is 10.1. The van der Waals surface area contributed by atoms with E-state index in [1.807, 2.05) is 0 Å². The zero-order chi connectivity index (χ0) is 32.4. The molecule has 1 unspecified atom stereocenters. The summed E-state index contributed by atoms with van der Waals surface area (Å²) in [6, 6.07) is 0. The van der Waals surface area contributed by atoms with Crippen LogP contribution in [-0.4, -0.2) is 37.2 Å². The van der Waals surface area contributed by atoms with Crippen molar-refractivity contribution in [1.82, 2.24) is 0 Å². The maximum atomic E-state index is 12.4. The molecule has 0 aliphatic carbocycles. The normalized spacial score (nSPS) is 12.5. The number of ether oxygens (including phenoxy) is 3. The summed E-state index contributed by atoms with van der Waals surface area (Å²) in [5.74, 6) is -0.967. The molecule has 0 rings (SSSR count). The number of carbonyl (C=O) groups is 3. The second-order valence-corrected chi connectivity index (χ2v) is 11.4. The highest BCUT2D eigenvalue weighted by molar-refractivity contribution is 5.71. The molecule has 0 aromatic heterocycles. The summed E-state index contributed by atoms with van der Waals surface area (Å²) in [4.78, 5) is 36.9. The highest BCUT2D eigenvalue weighted by Crippen LogP contribution is 2.11. The Morgan fingerprint density at radius 2 is 0.886 bits per heavy atom. The fourth-order valence-electron chi connectivity index (χ4n) is 4.43. The summed E-state index contributed by atoms with van der Waals surface area (Å²) in [5.41, 5.74) is 0. The number of esters is 3. The number of unbranched alkanes of at least 4 members (excludes halogenated alkanes) is 11. The minimum absolute atomic E-state index is 0.0882. The van der Waals surface area contributed by atoms with Crippen molar-refractivity contribution in [3.05, 3.63) is 48.6 Å². The Morgan fingerprint density at radius 3 is 1.39 bits per heavy atom. The molecule has 0 aliphatic rings. The average molecular weight is 617 g/mol. The van der Waals surface area contributed by atoms with Gasteiger partial charge in [-0.05, 0) is 57.8 Å². The van der Waals surface area contributed by atoms with Gasteiger partial charge in [0.05, 0.1) is 0 Å². The molecular formula is C38H64O6. The van der Waals surface area contributed by atoms with Crippen molar-refractivity contribution in [2.24, 2.45) is 0 Å². The molecule has 0 aliphatic heterocycles. The number of carbonyl (C=O) groups excluding carboxylic acids is 3. The van der Waals surface area contributed by atoms with E-state index in [4.69, 9.17) is 14.2 Å². The van der Waals surface area contributed by atoms with Crippen molar-refractivity contribution in [3.8, 4) is 0 Å². The van der Waals surface area contributed by atoms with Crippen LogP contribution >= 0.6 is 0 Å². The highest BCUT2D eigenvalue weighted by Gasteiger charge is 2.19. The van der Waals surface area contributed by atoms with Crippen LogP contribution in [0.15, 0.2) is 48.6 Å². The first-order valence-electron chi connectivity index (χ1n) is 17.6. The van der Waals surface area contributed by atoms with E-state index >= 15 is 0 Å². The van der Waals surface area contributed by atoms with E-state index in [1.54, 1.807) is 0 Å². The molecule has 0 amide bonds. The third-order valence-corrected chi connectivity index (χ3v) is 7.10. The summed E-state index contributed by atoms with van der Waals surface area (Å²) in [7, 11) is 0. The molecule has 0 saturated carbocycles. The van der Waals surface area contributed by atoms with Gasteiger partial charge in [0, 0.05) is 19.3 Å². The van der Waals surface area contributed by atoms with Crippen LogP contribution in [0.4, 0.5) is 0 Å². The van der Waals surface area contributed by atoms with Gasteiger partial charge in [0.25, 0.3) is 0 Å². The van der Waals surface area contributed by atoms with E-state index in [1.165, 1.54) is 25.7 Å². The van der Waals surface area contributed by atoms with Crippen LogP contribution in [0, 0.1) is 0 Å². The van der Waals surface area contributed by atoms with E-state index in [0.717, 1.165) is 89.9 Å². The predicted octanol–water partition coefficient (Wildman–Crippen LogP) is 10.5. The maximum absolute atomic E-state index is 12.4. The molecule has 1 atom stereocenters. The van der Waals surface area contributed by atoms with Crippen LogP contribution in [-0.2, 0) is 28.6 Å². The number of allylic oxidation sites excluding steroid dienone is 8. The van der Waals surface area contributed by atoms with Gasteiger partial charge in [-0.25, -0.2) is 0 Å². The Morgan fingerprint density at radius 1 is 0.477 bits per heavy atom. The van der Waals surface area contributed by atoms with E-state index in [2.05, 4.69) is 69.4 Å². The number of rotatable bonds is 30. The predicted molar refractivity (Wildman–Crippen MR) is 182 cm³/mol. The van der Waals surface area contributed by atoms with Crippen LogP contribution in [0.5, 0.6) is 0 Å². The first-order chi connectivity index (χ1) is 21.5. The van der Waals surface area contributed by atoms with Crippen molar-refractivity contribution in [2.75, 3.05) is 13.2 Å². The standard InChI is InChI=1S/C38H64O6/c1-4-7-10-13-15-16-17-18-19-20-21-22-23-26-28-31-37(40)43-34-35(33-42-36(39)30-27-24-12-9-6-3)44-38(41)32-29-25-14-11-8-5-2/h7,10,15-16,18-19,21-22,35H,4-6,8-9,11-14,17,20,23-34H2,1-3H3/b10-7-,16-15-,19-18-,22-21-. The van der Waals surface area contributed by atoms with Crippen molar-refractivity contribution in [1.29, 1.82) is 0 Å². The van der Waals surface area contributed by atoms with Crippen molar-refractivity contribution < 1.29 is 28.6 Å². The van der Waals surface area contributed by atoms with Crippen LogP contribution < -0.4 is 0 Å². The molecule has 0 aromatic carbocycles. The highest BCUT2D eigenvalue weighted by atomic mass is 16.6. The topological polar surface area (TPSA) is 78.9 Å². The Hall–Kier alpha value is -2.63. The molecule has 0 bridgehead atoms. The van der Waals surface area contributed by atoms with Gasteiger partial charge >= 0.3 is 17.9 Å². The Bertz CT molecular complexity index is 810. The van der Waals surface area contributed by atoms with E-state index < -0.39 is 6.10 Å². The Labute approximate surface area is 269 Å². The van der Waals surface area contributed by atoms with Gasteiger partial charge in [-0.1, -0.05) is 127 Å². The lowest BCUT2D eigenvalue weighted by Crippen LogP contribution is -2.30. The Kier molecular flexibility index (Phi) is 31.3. The maximum Gasteiger partial charge on any atom is 0.306 e. The van der Waals surface area contributed by atoms with Gasteiger partial charge in [0.2, 0.25) is 0 Å². The van der Waals surface area contributed by atoms with E-state index in [0.29, 0.717) is 19.3 Å². The lowest BCUT2D eigenvalue weighted by Gasteiger charge is -2.18. The molecule has 6 heteroatoms. The smallest absolute Gasteiger partial charge is 0.306 e. The summed E-state index contributed by atoms with van der Waals surface area (Å²) in [6.45, 7) is 6.29. The second kappa shape index (κ2) is 33.3. The van der Waals surface area contributed by atoms with Gasteiger partial charge in [0.1, 0.15) is 13.2 Å². The van der Waals surface area contributed by atoms with Crippen molar-refractivity contribution in [3.63, 3.8) is 0 Å². The molecule has 0 N–H and O–H groups in total. The number of hydrogen-bond donors (Lipinski definition) is 0. The summed E-state index contributed by atoms with van der Waals surface area (Å²) < 4.78 is 16.3. The van der Waals surface area contributed by atoms with E-state index in [-0.39, 0.29) is 31.1 Å². The van der Waals surface area contributed by atoms with Gasteiger partial charge in [0.15, 0.2) is 6.10 Å². The van der Waals surface area contributed by atoms with Gasteiger partial charge in [-0.15, -0.1) is 0 Å².